The number of amides is 1. The summed E-state index contributed by atoms with van der Waals surface area (Å²) in [4.78, 5) is 21.8. The molecule has 4 aromatic rings. The van der Waals surface area contributed by atoms with Gasteiger partial charge in [0.1, 0.15) is 11.2 Å². The number of rotatable bonds is 4. The van der Waals surface area contributed by atoms with Crippen molar-refractivity contribution in [3.63, 3.8) is 0 Å². The van der Waals surface area contributed by atoms with Crippen LogP contribution in [0.2, 0.25) is 10.0 Å². The summed E-state index contributed by atoms with van der Waals surface area (Å²) in [6.07, 6.45) is 1.29. The third-order valence-electron chi connectivity index (χ3n) is 6.15. The maximum Gasteiger partial charge on any atom is 0.408 e. The van der Waals surface area contributed by atoms with Crippen molar-refractivity contribution < 1.29 is 18.8 Å². The molecule has 1 aliphatic rings. The van der Waals surface area contributed by atoms with E-state index in [2.05, 4.69) is 15.5 Å². The van der Waals surface area contributed by atoms with E-state index in [1.54, 1.807) is 6.07 Å². The molecule has 1 unspecified atom stereocenters. The van der Waals surface area contributed by atoms with Gasteiger partial charge in [0, 0.05) is 33.7 Å². The maximum absolute atomic E-state index is 12.8. The molecule has 0 spiro atoms. The molecule has 0 aliphatic carbocycles. The van der Waals surface area contributed by atoms with E-state index in [0.717, 1.165) is 16.7 Å². The highest BCUT2D eigenvalue weighted by Crippen LogP contribution is 2.45. The van der Waals surface area contributed by atoms with E-state index in [0.29, 0.717) is 45.0 Å². The van der Waals surface area contributed by atoms with Gasteiger partial charge in [-0.05, 0) is 64.4 Å². The fraction of sp³-hybridized carbons (Fsp3) is 0.310. The fourth-order valence-electron chi connectivity index (χ4n) is 4.53. The molecule has 202 valence electrons. The minimum atomic E-state index is -0.630. The Morgan fingerprint density at radius 1 is 1.05 bits per heavy atom. The van der Waals surface area contributed by atoms with E-state index >= 15 is 0 Å². The average Bonchev–Trinajstić information content (AvgIpc) is 3.37. The second kappa shape index (κ2) is 10.2. The van der Waals surface area contributed by atoms with E-state index in [9.17, 15) is 4.79 Å². The van der Waals surface area contributed by atoms with Crippen LogP contribution < -0.4 is 10.1 Å². The van der Waals surface area contributed by atoms with Crippen LogP contribution in [0.3, 0.4) is 0 Å². The number of hydrogen-bond acceptors (Lipinski definition) is 7. The lowest BCUT2D eigenvalue weighted by atomic mass is 9.88. The molecule has 2 aromatic heterocycles. The van der Waals surface area contributed by atoms with Crippen molar-refractivity contribution in [1.29, 1.82) is 0 Å². The van der Waals surface area contributed by atoms with Crippen LogP contribution in [0.5, 0.6) is 5.88 Å². The van der Waals surface area contributed by atoms with Gasteiger partial charge in [0.15, 0.2) is 0 Å². The Hall–Kier alpha value is -3.62. The summed E-state index contributed by atoms with van der Waals surface area (Å²) in [5, 5.41) is 7.98. The van der Waals surface area contributed by atoms with Crippen LogP contribution in [0.1, 0.15) is 52.6 Å². The third kappa shape index (κ3) is 6.02. The molecular formula is C29H28Cl2N4O4. The number of hydrogen-bond donors (Lipinski definition) is 1. The van der Waals surface area contributed by atoms with Crippen molar-refractivity contribution in [2.75, 3.05) is 0 Å². The summed E-state index contributed by atoms with van der Waals surface area (Å²) in [5.41, 5.74) is 3.23. The lowest BCUT2D eigenvalue weighted by Crippen LogP contribution is -2.43. The summed E-state index contributed by atoms with van der Waals surface area (Å²) < 4.78 is 16.7. The van der Waals surface area contributed by atoms with Crippen molar-refractivity contribution in [1.82, 2.24) is 20.4 Å². The smallest absolute Gasteiger partial charge is 0.408 e. The van der Waals surface area contributed by atoms with Gasteiger partial charge in [-0.25, -0.2) is 9.78 Å². The zero-order chi connectivity index (χ0) is 27.9. The fourth-order valence-corrected chi connectivity index (χ4v) is 4.92. The number of nitrogens with one attached hydrogen (secondary N) is 1. The molecule has 1 atom stereocenters. The second-order valence-electron chi connectivity index (χ2n) is 11.0. The lowest BCUT2D eigenvalue weighted by molar-refractivity contribution is 0.0367. The van der Waals surface area contributed by atoms with E-state index in [-0.39, 0.29) is 6.04 Å². The highest BCUT2D eigenvalue weighted by Gasteiger charge is 2.37. The number of carbonyl (C=O) groups is 1. The first-order valence-corrected chi connectivity index (χ1v) is 13.2. The minimum Gasteiger partial charge on any atom is -0.471 e. The number of nitrogens with zero attached hydrogens (tertiary/aromatic N) is 3. The van der Waals surface area contributed by atoms with Gasteiger partial charge >= 0.3 is 6.09 Å². The Morgan fingerprint density at radius 2 is 1.77 bits per heavy atom. The Kier molecular flexibility index (Phi) is 7.03. The molecule has 8 nitrogen and oxygen atoms in total. The van der Waals surface area contributed by atoms with E-state index in [4.69, 9.17) is 42.2 Å². The Labute approximate surface area is 236 Å². The van der Waals surface area contributed by atoms with Gasteiger partial charge in [0.25, 0.3) is 0 Å². The normalized spacial score (nSPS) is 16.2. The first-order valence-electron chi connectivity index (χ1n) is 12.4. The molecule has 1 N–H and O–H groups in total. The molecule has 39 heavy (non-hydrogen) atoms. The number of aromatic nitrogens is 3. The zero-order valence-corrected chi connectivity index (χ0v) is 23.7. The van der Waals surface area contributed by atoms with E-state index < -0.39 is 17.3 Å². The van der Waals surface area contributed by atoms with Gasteiger partial charge in [-0.15, -0.1) is 0 Å². The van der Waals surface area contributed by atoms with Crippen LogP contribution in [0.25, 0.3) is 33.8 Å². The van der Waals surface area contributed by atoms with Gasteiger partial charge in [0.2, 0.25) is 18.1 Å². The first kappa shape index (κ1) is 27.0. The van der Waals surface area contributed by atoms with Crippen LogP contribution in [0.15, 0.2) is 59.4 Å². The van der Waals surface area contributed by atoms with Gasteiger partial charge in [-0.3, -0.25) is 0 Å². The number of carbonyl (C=O) groups excluding carboxylic acids is 1. The number of halogens is 2. The van der Waals surface area contributed by atoms with Gasteiger partial charge in [0.05, 0.1) is 16.8 Å². The van der Waals surface area contributed by atoms with Gasteiger partial charge < -0.3 is 19.3 Å². The average molecular weight is 567 g/mol. The molecular weight excluding hydrogens is 539 g/mol. The zero-order valence-electron chi connectivity index (χ0n) is 22.2. The first-order chi connectivity index (χ1) is 18.4. The highest BCUT2D eigenvalue weighted by atomic mass is 35.5. The van der Waals surface area contributed by atoms with Crippen molar-refractivity contribution in [2.45, 2.75) is 58.3 Å². The Balaban J connectivity index is 1.65. The summed E-state index contributed by atoms with van der Waals surface area (Å²) in [6.45, 7) is 9.40. The SMILES string of the molecule is CC(C)(C)OC(=O)NC1CC(C)(C)Oc2nc(-c3ccc(-c4ncon4)cc3Cl)c(-c3ccc(Cl)cc3)cc21. The summed E-state index contributed by atoms with van der Waals surface area (Å²) in [5.74, 6) is 0.847. The van der Waals surface area contributed by atoms with Crippen LogP contribution in [0.4, 0.5) is 4.79 Å². The molecule has 0 fully saturated rings. The quantitative estimate of drug-likeness (QED) is 0.268. The maximum atomic E-state index is 12.8. The third-order valence-corrected chi connectivity index (χ3v) is 6.71. The molecule has 5 rings (SSSR count). The number of ether oxygens (including phenoxy) is 2. The highest BCUT2D eigenvalue weighted by molar-refractivity contribution is 6.33. The summed E-state index contributed by atoms with van der Waals surface area (Å²) >= 11 is 13.0. The molecule has 10 heteroatoms. The van der Waals surface area contributed by atoms with Gasteiger partial charge in [-0.1, -0.05) is 52.6 Å². The molecule has 2 aromatic carbocycles. The van der Waals surface area contributed by atoms with Crippen LogP contribution >= 0.6 is 23.2 Å². The standard InChI is InChI=1S/C29H28Cl2N4O4/c1-28(2,3)39-27(36)33-23-14-29(4,5)38-26-21(23)13-20(16-6-9-18(30)10-7-16)24(34-26)19-11-8-17(12-22(19)31)25-32-15-37-35-25/h6-13,15,23H,14H2,1-5H3,(H,33,36). The molecule has 0 radical (unpaired) electrons. The monoisotopic (exact) mass is 566 g/mol. The lowest BCUT2D eigenvalue weighted by Gasteiger charge is -2.37. The van der Waals surface area contributed by atoms with E-state index in [1.165, 1.54) is 6.39 Å². The van der Waals surface area contributed by atoms with Gasteiger partial charge in [-0.2, -0.15) is 4.98 Å². The van der Waals surface area contributed by atoms with Crippen molar-refractivity contribution in [3.8, 4) is 39.7 Å². The molecule has 1 amide bonds. The summed E-state index contributed by atoms with van der Waals surface area (Å²) in [7, 11) is 0. The number of pyridine rings is 1. The topological polar surface area (TPSA) is 99.4 Å². The Morgan fingerprint density at radius 3 is 2.41 bits per heavy atom. The predicted molar refractivity (Wildman–Crippen MR) is 150 cm³/mol. The van der Waals surface area contributed by atoms with Crippen molar-refractivity contribution in [2.24, 2.45) is 0 Å². The van der Waals surface area contributed by atoms with Crippen molar-refractivity contribution in [3.05, 3.63) is 70.5 Å². The number of fused-ring (bicyclic) bond motifs is 1. The number of benzene rings is 2. The largest absolute Gasteiger partial charge is 0.471 e. The predicted octanol–water partition coefficient (Wildman–Crippen LogP) is 7.90. The molecule has 0 saturated carbocycles. The number of alkyl carbamates (subject to hydrolysis) is 1. The van der Waals surface area contributed by atoms with Crippen LogP contribution in [0, 0.1) is 0 Å². The second-order valence-corrected chi connectivity index (χ2v) is 11.8. The molecule has 0 saturated heterocycles. The summed E-state index contributed by atoms with van der Waals surface area (Å²) in [6, 6.07) is 14.6. The van der Waals surface area contributed by atoms with Crippen molar-refractivity contribution >= 4 is 29.3 Å². The van der Waals surface area contributed by atoms with Crippen LogP contribution in [-0.4, -0.2) is 32.4 Å². The molecule has 3 heterocycles. The molecule has 0 bridgehead atoms. The minimum absolute atomic E-state index is 0.387. The molecule has 1 aliphatic heterocycles. The van der Waals surface area contributed by atoms with Crippen LogP contribution in [-0.2, 0) is 4.74 Å². The Bertz CT molecular complexity index is 1510. The van der Waals surface area contributed by atoms with E-state index in [1.807, 2.05) is 77.1 Å².